The molecular formula is C22H18NS+. The lowest BCUT2D eigenvalue weighted by molar-refractivity contribution is -0.401. The summed E-state index contributed by atoms with van der Waals surface area (Å²) in [5.74, 6) is 0. The predicted molar refractivity (Wildman–Crippen MR) is 104 cm³/mol. The lowest BCUT2D eigenvalue weighted by atomic mass is 9.99. The Morgan fingerprint density at radius 1 is 0.875 bits per heavy atom. The van der Waals surface area contributed by atoms with E-state index in [1.807, 2.05) is 11.3 Å². The smallest absolute Gasteiger partial charge is 0.198 e. The van der Waals surface area contributed by atoms with Crippen molar-refractivity contribution in [2.45, 2.75) is 13.3 Å². The first-order valence-electron chi connectivity index (χ1n) is 8.33. The number of aryl methyl sites for hydroxylation is 1. The SMILES string of the molecule is Cc1ccccc1C1=[N+](C)c2ccc3c(sc4ccccc43)c2C1. The van der Waals surface area contributed by atoms with Gasteiger partial charge in [0.2, 0.25) is 5.69 Å². The Balaban J connectivity index is 1.76. The van der Waals surface area contributed by atoms with Crippen molar-refractivity contribution in [3.63, 3.8) is 0 Å². The lowest BCUT2D eigenvalue weighted by Gasteiger charge is -2.02. The third-order valence-corrected chi connectivity index (χ3v) is 6.44. The fourth-order valence-electron chi connectivity index (χ4n) is 3.92. The van der Waals surface area contributed by atoms with Crippen molar-refractivity contribution in [1.29, 1.82) is 0 Å². The van der Waals surface area contributed by atoms with Gasteiger partial charge in [0.25, 0.3) is 0 Å². The number of thiophene rings is 1. The van der Waals surface area contributed by atoms with Gasteiger partial charge in [-0.05, 0) is 30.7 Å². The van der Waals surface area contributed by atoms with Crippen molar-refractivity contribution >= 4 is 42.9 Å². The van der Waals surface area contributed by atoms with Crippen LogP contribution in [0.25, 0.3) is 20.2 Å². The zero-order valence-electron chi connectivity index (χ0n) is 13.8. The average Bonchev–Trinajstić information content (AvgIpc) is 3.14. The van der Waals surface area contributed by atoms with E-state index in [2.05, 4.69) is 79.2 Å². The molecule has 2 heteroatoms. The van der Waals surface area contributed by atoms with Crippen LogP contribution in [-0.2, 0) is 6.42 Å². The molecule has 0 bridgehead atoms. The number of hydrogen-bond acceptors (Lipinski definition) is 1. The first-order chi connectivity index (χ1) is 11.7. The Kier molecular flexibility index (Phi) is 2.92. The first-order valence-corrected chi connectivity index (χ1v) is 9.14. The van der Waals surface area contributed by atoms with E-state index in [4.69, 9.17) is 0 Å². The Morgan fingerprint density at radius 2 is 1.67 bits per heavy atom. The molecule has 0 fully saturated rings. The maximum Gasteiger partial charge on any atom is 0.210 e. The van der Waals surface area contributed by atoms with Gasteiger partial charge in [0.15, 0.2) is 5.71 Å². The van der Waals surface area contributed by atoms with E-state index in [0.717, 1.165) is 6.42 Å². The monoisotopic (exact) mass is 328 g/mol. The Labute approximate surface area is 145 Å². The van der Waals surface area contributed by atoms with Crippen LogP contribution in [0.1, 0.15) is 16.7 Å². The molecule has 1 aromatic heterocycles. The topological polar surface area (TPSA) is 3.01 Å². The van der Waals surface area contributed by atoms with Gasteiger partial charge >= 0.3 is 0 Å². The number of hydrogen-bond donors (Lipinski definition) is 0. The van der Waals surface area contributed by atoms with Crippen LogP contribution in [0.4, 0.5) is 5.69 Å². The Hall–Kier alpha value is -2.45. The molecule has 0 amide bonds. The number of benzene rings is 3. The summed E-state index contributed by atoms with van der Waals surface area (Å²) in [6.45, 7) is 2.20. The lowest BCUT2D eigenvalue weighted by Crippen LogP contribution is -2.11. The minimum atomic E-state index is 1.01. The van der Waals surface area contributed by atoms with Crippen LogP contribution in [0.15, 0.2) is 60.7 Å². The molecule has 0 saturated carbocycles. The molecule has 0 spiro atoms. The zero-order valence-corrected chi connectivity index (χ0v) is 14.7. The molecule has 5 rings (SSSR count). The van der Waals surface area contributed by atoms with E-state index in [1.165, 1.54) is 48.3 Å². The molecule has 4 aromatic rings. The van der Waals surface area contributed by atoms with Crippen LogP contribution in [0.2, 0.25) is 0 Å². The van der Waals surface area contributed by atoms with Crippen molar-refractivity contribution in [2.75, 3.05) is 7.05 Å². The molecular weight excluding hydrogens is 310 g/mol. The zero-order chi connectivity index (χ0) is 16.3. The van der Waals surface area contributed by atoms with Crippen LogP contribution in [-0.4, -0.2) is 17.3 Å². The second-order valence-electron chi connectivity index (χ2n) is 6.54. The maximum absolute atomic E-state index is 2.38. The van der Waals surface area contributed by atoms with Gasteiger partial charge in [0, 0.05) is 31.8 Å². The van der Waals surface area contributed by atoms with Crippen molar-refractivity contribution in [1.82, 2.24) is 0 Å². The highest BCUT2D eigenvalue weighted by molar-refractivity contribution is 7.26. The third kappa shape index (κ3) is 1.83. The summed E-state index contributed by atoms with van der Waals surface area (Å²) in [5, 5.41) is 2.78. The van der Waals surface area contributed by atoms with E-state index in [-0.39, 0.29) is 0 Å². The Morgan fingerprint density at radius 3 is 2.54 bits per heavy atom. The average molecular weight is 328 g/mol. The summed E-state index contributed by atoms with van der Waals surface area (Å²) in [6, 6.07) is 22.0. The van der Waals surface area contributed by atoms with E-state index in [9.17, 15) is 0 Å². The van der Waals surface area contributed by atoms with Crippen molar-refractivity contribution in [3.8, 4) is 0 Å². The molecule has 3 aromatic carbocycles. The minimum absolute atomic E-state index is 1.01. The van der Waals surface area contributed by atoms with Crippen LogP contribution in [0, 0.1) is 6.92 Å². The Bertz CT molecular complexity index is 1150. The summed E-state index contributed by atoms with van der Waals surface area (Å²) in [4.78, 5) is 0. The highest BCUT2D eigenvalue weighted by Crippen LogP contribution is 2.41. The molecule has 0 saturated heterocycles. The standard InChI is InChI=1S/C22H18NS/c1-14-7-3-4-8-15(14)20-13-18-19(23(20)2)12-11-17-16-9-5-6-10-21(16)24-22(17)18/h3-12H,13H2,1-2H3/q+1. The minimum Gasteiger partial charge on any atom is -0.198 e. The summed E-state index contributed by atoms with van der Waals surface area (Å²) < 4.78 is 5.21. The van der Waals surface area contributed by atoms with Crippen molar-refractivity contribution in [2.24, 2.45) is 0 Å². The van der Waals surface area contributed by atoms with Gasteiger partial charge in [-0.1, -0.05) is 36.4 Å². The molecule has 0 aliphatic carbocycles. The molecule has 1 aliphatic heterocycles. The highest BCUT2D eigenvalue weighted by atomic mass is 32.1. The number of rotatable bonds is 1. The molecule has 0 N–H and O–H groups in total. The fraction of sp³-hybridized carbons (Fsp3) is 0.136. The van der Waals surface area contributed by atoms with Gasteiger partial charge in [-0.15, -0.1) is 11.3 Å². The van der Waals surface area contributed by atoms with E-state index < -0.39 is 0 Å². The molecule has 0 radical (unpaired) electrons. The van der Waals surface area contributed by atoms with Crippen LogP contribution in [0.5, 0.6) is 0 Å². The molecule has 24 heavy (non-hydrogen) atoms. The molecule has 2 heterocycles. The van der Waals surface area contributed by atoms with Crippen LogP contribution in [0.3, 0.4) is 0 Å². The molecule has 1 nitrogen and oxygen atoms in total. The molecule has 0 unspecified atom stereocenters. The highest BCUT2D eigenvalue weighted by Gasteiger charge is 2.31. The number of nitrogens with zero attached hydrogens (tertiary/aromatic N) is 1. The molecule has 116 valence electrons. The number of fused-ring (bicyclic) bond motifs is 5. The second kappa shape index (κ2) is 5.02. The fourth-order valence-corrected chi connectivity index (χ4v) is 5.17. The van der Waals surface area contributed by atoms with Gasteiger partial charge in [0.05, 0.1) is 12.0 Å². The normalized spacial score (nSPS) is 13.9. The van der Waals surface area contributed by atoms with E-state index in [0.29, 0.717) is 0 Å². The predicted octanol–water partition coefficient (Wildman–Crippen LogP) is 5.68. The van der Waals surface area contributed by atoms with Crippen LogP contribution < -0.4 is 0 Å². The summed E-state index contributed by atoms with van der Waals surface area (Å²) in [6.07, 6.45) is 1.01. The molecule has 1 aliphatic rings. The van der Waals surface area contributed by atoms with Gasteiger partial charge in [-0.25, -0.2) is 0 Å². The van der Waals surface area contributed by atoms with Crippen LogP contribution >= 0.6 is 11.3 Å². The maximum atomic E-state index is 2.38. The van der Waals surface area contributed by atoms with Gasteiger partial charge in [-0.2, -0.15) is 4.58 Å². The van der Waals surface area contributed by atoms with E-state index >= 15 is 0 Å². The van der Waals surface area contributed by atoms with Crippen molar-refractivity contribution < 1.29 is 4.58 Å². The quantitative estimate of drug-likeness (QED) is 0.395. The third-order valence-electron chi connectivity index (χ3n) is 5.19. The van der Waals surface area contributed by atoms with Crippen molar-refractivity contribution in [3.05, 3.63) is 77.4 Å². The summed E-state index contributed by atoms with van der Waals surface area (Å²) in [7, 11) is 2.20. The van der Waals surface area contributed by atoms with Gasteiger partial charge < -0.3 is 0 Å². The summed E-state index contributed by atoms with van der Waals surface area (Å²) >= 11 is 1.93. The molecule has 0 atom stereocenters. The largest absolute Gasteiger partial charge is 0.210 e. The first kappa shape index (κ1) is 13.9. The van der Waals surface area contributed by atoms with Gasteiger partial charge in [0.1, 0.15) is 7.05 Å². The van der Waals surface area contributed by atoms with Gasteiger partial charge in [-0.3, -0.25) is 0 Å². The second-order valence-corrected chi connectivity index (χ2v) is 7.59. The summed E-state index contributed by atoms with van der Waals surface area (Å²) in [5.41, 5.74) is 6.96. The van der Waals surface area contributed by atoms with E-state index in [1.54, 1.807) is 0 Å².